The van der Waals surface area contributed by atoms with Gasteiger partial charge in [0.25, 0.3) is 0 Å². The van der Waals surface area contributed by atoms with Gasteiger partial charge >= 0.3 is 11.9 Å². The smallest absolute Gasteiger partial charge is 0.327 e. The zero-order valence-electron chi connectivity index (χ0n) is 25.1. The van der Waals surface area contributed by atoms with E-state index in [1.807, 2.05) is 0 Å². The summed E-state index contributed by atoms with van der Waals surface area (Å²) in [5.74, 6) is -10.3. The van der Waals surface area contributed by atoms with Crippen molar-refractivity contribution in [3.05, 3.63) is 0 Å². The summed E-state index contributed by atoms with van der Waals surface area (Å²) in [6, 6.07) is -7.49. The number of nitrogens with two attached hydrogens (primary N) is 3. The third-order valence-electron chi connectivity index (χ3n) is 5.93. The molecule has 0 radical (unpaired) electrons. The minimum absolute atomic E-state index is 0.0529. The van der Waals surface area contributed by atoms with Crippen LogP contribution >= 0.6 is 21.6 Å². The fourth-order valence-corrected chi connectivity index (χ4v) is 6.07. The van der Waals surface area contributed by atoms with Gasteiger partial charge in [0.05, 0.1) is 19.4 Å². The van der Waals surface area contributed by atoms with Crippen molar-refractivity contribution in [3.63, 3.8) is 0 Å². The largest absolute Gasteiger partial charge is 0.481 e. The number of primary amides is 1. The summed E-state index contributed by atoms with van der Waals surface area (Å²) < 4.78 is 0. The summed E-state index contributed by atoms with van der Waals surface area (Å²) in [7, 11) is 1.74. The highest BCUT2D eigenvalue weighted by Crippen LogP contribution is 2.23. The molecule has 1 rings (SSSR count). The number of nitrogens with one attached hydrogen (secondary N) is 6. The molecular formula is C24H38N10O11S2. The Kier molecular flexibility index (Phi) is 17.4. The van der Waals surface area contributed by atoms with Crippen molar-refractivity contribution in [2.75, 3.05) is 24.6 Å². The minimum atomic E-state index is -1.70. The number of nitrogens with zero attached hydrogens (tertiary/aromatic N) is 1. The molecule has 1 aliphatic heterocycles. The molecule has 0 spiro atoms. The number of carboxylic acids is 2. The Balaban J connectivity index is 3.41. The fraction of sp³-hybridized carbons (Fsp3) is 0.583. The van der Waals surface area contributed by atoms with E-state index in [9.17, 15) is 53.4 Å². The number of hydrogen-bond donors (Lipinski definition) is 11. The van der Waals surface area contributed by atoms with Gasteiger partial charge in [0.2, 0.25) is 41.4 Å². The third kappa shape index (κ3) is 16.4. The molecule has 23 heteroatoms. The zero-order valence-corrected chi connectivity index (χ0v) is 26.7. The molecule has 1 heterocycles. The number of carbonyl (C=O) groups excluding carboxylic acids is 7. The highest BCUT2D eigenvalue weighted by atomic mass is 33.1. The Hall–Kier alpha value is -4.80. The van der Waals surface area contributed by atoms with E-state index in [0.29, 0.717) is 0 Å². The maximum atomic E-state index is 13.4. The number of carboxylic acid groups (broad SMARTS) is 2. The first-order chi connectivity index (χ1) is 22.0. The molecule has 47 heavy (non-hydrogen) atoms. The van der Waals surface area contributed by atoms with Crippen molar-refractivity contribution in [1.29, 1.82) is 0 Å². The first-order valence-electron chi connectivity index (χ1n) is 13.8. The number of rotatable bonds is 12. The van der Waals surface area contributed by atoms with E-state index in [4.69, 9.17) is 17.2 Å². The van der Waals surface area contributed by atoms with Crippen molar-refractivity contribution in [3.8, 4) is 0 Å². The Bertz CT molecular complexity index is 1230. The molecule has 0 aliphatic carbocycles. The molecule has 0 aromatic heterocycles. The molecular weight excluding hydrogens is 668 g/mol. The summed E-state index contributed by atoms with van der Waals surface area (Å²) in [6.07, 6.45) is -1.42. The lowest BCUT2D eigenvalue weighted by Crippen LogP contribution is -2.58. The van der Waals surface area contributed by atoms with Crippen LogP contribution < -0.4 is 49.1 Å². The van der Waals surface area contributed by atoms with E-state index in [0.717, 1.165) is 28.5 Å². The van der Waals surface area contributed by atoms with Gasteiger partial charge in [-0.3, -0.25) is 43.3 Å². The van der Waals surface area contributed by atoms with Gasteiger partial charge in [-0.25, -0.2) is 4.79 Å². The van der Waals surface area contributed by atoms with Crippen LogP contribution in [0.5, 0.6) is 0 Å². The van der Waals surface area contributed by atoms with Crippen LogP contribution in [0.3, 0.4) is 0 Å². The molecule has 14 N–H and O–H groups in total. The van der Waals surface area contributed by atoms with Crippen molar-refractivity contribution < 1.29 is 53.4 Å². The number of hydrogen-bond acceptors (Lipinski definition) is 12. The molecule has 0 bridgehead atoms. The summed E-state index contributed by atoms with van der Waals surface area (Å²) in [6.45, 7) is 0.363. The van der Waals surface area contributed by atoms with Crippen molar-refractivity contribution >= 4 is 80.8 Å². The van der Waals surface area contributed by atoms with Crippen LogP contribution in [0, 0.1) is 0 Å². The highest BCUT2D eigenvalue weighted by Gasteiger charge is 2.32. The van der Waals surface area contributed by atoms with Gasteiger partial charge in [-0.2, -0.15) is 0 Å². The molecule has 4 unspecified atom stereocenters. The van der Waals surface area contributed by atoms with Crippen molar-refractivity contribution in [2.24, 2.45) is 22.2 Å². The first-order valence-corrected chi connectivity index (χ1v) is 16.3. The highest BCUT2D eigenvalue weighted by molar-refractivity contribution is 8.76. The predicted octanol–water partition coefficient (Wildman–Crippen LogP) is -5.57. The molecule has 0 aromatic rings. The van der Waals surface area contributed by atoms with Gasteiger partial charge < -0.3 is 59.3 Å². The number of aliphatic imine (C=N–C) groups is 1. The lowest BCUT2D eigenvalue weighted by molar-refractivity contribution is -0.143. The maximum absolute atomic E-state index is 13.4. The van der Waals surface area contributed by atoms with Crippen LogP contribution in [0.25, 0.3) is 0 Å². The van der Waals surface area contributed by atoms with Crippen LogP contribution in [-0.2, 0) is 43.2 Å². The van der Waals surface area contributed by atoms with Crippen LogP contribution in [0.2, 0.25) is 0 Å². The van der Waals surface area contributed by atoms with Gasteiger partial charge in [0, 0.05) is 25.0 Å². The van der Waals surface area contributed by atoms with Gasteiger partial charge in [0.15, 0.2) is 5.96 Å². The Morgan fingerprint density at radius 1 is 0.936 bits per heavy atom. The van der Waals surface area contributed by atoms with Crippen LogP contribution in [0.1, 0.15) is 32.6 Å². The molecule has 21 nitrogen and oxygen atoms in total. The molecule has 1 fully saturated rings. The molecule has 5 atom stereocenters. The van der Waals surface area contributed by atoms with Crippen molar-refractivity contribution in [1.82, 2.24) is 31.9 Å². The second-order valence-corrected chi connectivity index (χ2v) is 12.5. The molecule has 1 aliphatic rings. The minimum Gasteiger partial charge on any atom is -0.481 e. The van der Waals surface area contributed by atoms with E-state index in [1.165, 1.54) is 0 Å². The van der Waals surface area contributed by atoms with E-state index >= 15 is 0 Å². The van der Waals surface area contributed by atoms with Crippen LogP contribution in [0.15, 0.2) is 4.99 Å². The second-order valence-electron chi connectivity index (χ2n) is 9.90. The number of amides is 7. The molecule has 262 valence electrons. The standard InChI is InChI=1S/C24H38N10O11S2/c1-10(35)30-12(5-16(25)36)20(41)33-14-8-46-47-9-15(23(44)45)34-21(42)13(6-18(38)39)31-17(37)7-29-19(40)11(32-22(14)43)3-2-4-28-24(26)27/h11-15H,2-9H2,1H3,(H2,25,36)(H,29,40)(H,30,35)(H,31,37)(H,32,43)(H,33,41)(H,34,42)(H,38,39)(H,44,45)(H4,26,27,28)/t11?,12-,13?,14?,15?/m0/s1. The molecule has 7 amide bonds. The van der Waals surface area contributed by atoms with E-state index in [1.54, 1.807) is 0 Å². The van der Waals surface area contributed by atoms with Gasteiger partial charge in [-0.1, -0.05) is 21.6 Å². The zero-order chi connectivity index (χ0) is 35.7. The Morgan fingerprint density at radius 2 is 1.60 bits per heavy atom. The average Bonchev–Trinajstić information content (AvgIpc) is 2.95. The maximum Gasteiger partial charge on any atom is 0.327 e. The SMILES string of the molecule is CC(=O)N[C@@H](CC(N)=O)C(=O)NC1CSSCC(C(=O)O)NC(=O)C(CC(=O)O)NC(=O)CNC(=O)C(CCCN=C(N)N)NC1=O. The molecule has 1 saturated heterocycles. The summed E-state index contributed by atoms with van der Waals surface area (Å²) in [5.41, 5.74) is 15.8. The summed E-state index contributed by atoms with van der Waals surface area (Å²) >= 11 is 0. The van der Waals surface area contributed by atoms with E-state index in [2.05, 4.69) is 36.9 Å². The Morgan fingerprint density at radius 3 is 2.17 bits per heavy atom. The summed E-state index contributed by atoms with van der Waals surface area (Å²) in [4.78, 5) is 115. The second kappa shape index (κ2) is 20.3. The Labute approximate surface area is 275 Å². The van der Waals surface area contributed by atoms with Gasteiger partial charge in [-0.05, 0) is 12.8 Å². The quantitative estimate of drug-likeness (QED) is 0.0390. The fourth-order valence-electron chi connectivity index (χ4n) is 3.75. The van der Waals surface area contributed by atoms with E-state index < -0.39 is 103 Å². The molecule has 0 saturated carbocycles. The third-order valence-corrected chi connectivity index (χ3v) is 8.35. The lowest BCUT2D eigenvalue weighted by atomic mass is 10.1. The average molecular weight is 707 g/mol. The van der Waals surface area contributed by atoms with Crippen LogP contribution in [-0.4, -0.2) is 124 Å². The normalized spacial score (nSPS) is 22.1. The molecule has 0 aromatic carbocycles. The van der Waals surface area contributed by atoms with E-state index in [-0.39, 0.29) is 36.9 Å². The predicted molar refractivity (Wildman–Crippen MR) is 167 cm³/mol. The first kappa shape index (κ1) is 40.2. The monoisotopic (exact) mass is 706 g/mol. The topological polar surface area (TPSA) is 357 Å². The van der Waals surface area contributed by atoms with Crippen molar-refractivity contribution in [2.45, 2.75) is 62.8 Å². The van der Waals surface area contributed by atoms with Gasteiger partial charge in [0.1, 0.15) is 30.2 Å². The lowest BCUT2D eigenvalue weighted by Gasteiger charge is -2.25. The number of carbonyl (C=O) groups is 9. The van der Waals surface area contributed by atoms with Crippen LogP contribution in [0.4, 0.5) is 0 Å². The summed E-state index contributed by atoms with van der Waals surface area (Å²) in [5, 5.41) is 32.4. The van der Waals surface area contributed by atoms with Gasteiger partial charge in [-0.15, -0.1) is 0 Å². The number of aliphatic carboxylic acids is 2. The number of guanidine groups is 1.